The Morgan fingerprint density at radius 2 is 1.94 bits per heavy atom. The van der Waals surface area contributed by atoms with Crippen LogP contribution in [0.1, 0.15) is 31.9 Å². The molecular formula is C13H18ClNO2. The fourth-order valence-corrected chi connectivity index (χ4v) is 2.26. The minimum atomic E-state index is 0.213. The van der Waals surface area contributed by atoms with Gasteiger partial charge in [0.05, 0.1) is 13.2 Å². The normalized spacial score (nSPS) is 16.4. The molecule has 1 heterocycles. The second-order valence-corrected chi connectivity index (χ2v) is 4.56. The molecule has 94 valence electrons. The van der Waals surface area contributed by atoms with Crippen LogP contribution in [0.5, 0.6) is 11.5 Å². The molecule has 0 bridgehead atoms. The number of hydrogen-bond donors (Lipinski definition) is 1. The van der Waals surface area contributed by atoms with Gasteiger partial charge in [0, 0.05) is 23.6 Å². The third-order valence-electron chi connectivity index (χ3n) is 2.84. The number of nitrogens with one attached hydrogen (secondary N) is 1. The van der Waals surface area contributed by atoms with Gasteiger partial charge in [-0.15, -0.1) is 0 Å². The van der Waals surface area contributed by atoms with Gasteiger partial charge in [0.25, 0.3) is 0 Å². The van der Waals surface area contributed by atoms with Gasteiger partial charge in [0.1, 0.15) is 0 Å². The molecule has 0 fully saturated rings. The first-order valence-corrected chi connectivity index (χ1v) is 6.42. The Kier molecular flexibility index (Phi) is 4.13. The van der Waals surface area contributed by atoms with Crippen LogP contribution in [0.2, 0.25) is 5.02 Å². The van der Waals surface area contributed by atoms with E-state index in [1.807, 2.05) is 12.1 Å². The molecule has 1 N–H and O–H groups in total. The van der Waals surface area contributed by atoms with Crippen molar-refractivity contribution in [1.82, 2.24) is 5.32 Å². The van der Waals surface area contributed by atoms with E-state index in [1.165, 1.54) is 0 Å². The Labute approximate surface area is 107 Å². The van der Waals surface area contributed by atoms with Crippen LogP contribution < -0.4 is 14.8 Å². The predicted octanol–water partition coefficient (Wildman–Crippen LogP) is 3.17. The summed E-state index contributed by atoms with van der Waals surface area (Å²) >= 11 is 6.27. The SMILES string of the molecule is CCNC(C)c1cc2c(cc1Cl)OCCCO2. The molecule has 4 heteroatoms. The van der Waals surface area contributed by atoms with E-state index in [0.717, 1.165) is 35.1 Å². The summed E-state index contributed by atoms with van der Waals surface area (Å²) in [6.45, 7) is 6.46. The van der Waals surface area contributed by atoms with Gasteiger partial charge < -0.3 is 14.8 Å². The first-order valence-electron chi connectivity index (χ1n) is 6.04. The van der Waals surface area contributed by atoms with Crippen LogP contribution in [0.25, 0.3) is 0 Å². The third kappa shape index (κ3) is 2.85. The van der Waals surface area contributed by atoms with Crippen molar-refractivity contribution in [2.75, 3.05) is 19.8 Å². The highest BCUT2D eigenvalue weighted by molar-refractivity contribution is 6.31. The summed E-state index contributed by atoms with van der Waals surface area (Å²) in [6, 6.07) is 4.05. The Bertz CT molecular complexity index is 395. The van der Waals surface area contributed by atoms with Crippen molar-refractivity contribution < 1.29 is 9.47 Å². The molecule has 0 radical (unpaired) electrons. The summed E-state index contributed by atoms with van der Waals surface area (Å²) in [7, 11) is 0. The number of fused-ring (bicyclic) bond motifs is 1. The summed E-state index contributed by atoms with van der Waals surface area (Å²) in [4.78, 5) is 0. The summed E-state index contributed by atoms with van der Waals surface area (Å²) in [5.74, 6) is 1.55. The Morgan fingerprint density at radius 1 is 1.29 bits per heavy atom. The maximum Gasteiger partial charge on any atom is 0.162 e. The molecule has 0 aliphatic carbocycles. The first kappa shape index (κ1) is 12.5. The van der Waals surface area contributed by atoms with Crippen LogP contribution in [0.3, 0.4) is 0 Å². The summed E-state index contributed by atoms with van der Waals surface area (Å²) in [5.41, 5.74) is 1.05. The minimum absolute atomic E-state index is 0.213. The molecule has 1 aliphatic heterocycles. The van der Waals surface area contributed by atoms with E-state index in [9.17, 15) is 0 Å². The number of halogens is 1. The zero-order valence-corrected chi connectivity index (χ0v) is 11.0. The van der Waals surface area contributed by atoms with E-state index in [4.69, 9.17) is 21.1 Å². The highest BCUT2D eigenvalue weighted by Gasteiger charge is 2.16. The van der Waals surface area contributed by atoms with E-state index in [-0.39, 0.29) is 6.04 Å². The lowest BCUT2D eigenvalue weighted by molar-refractivity contribution is 0.297. The van der Waals surface area contributed by atoms with Crippen molar-refractivity contribution in [3.8, 4) is 11.5 Å². The molecule has 1 aromatic rings. The van der Waals surface area contributed by atoms with Crippen LogP contribution in [-0.2, 0) is 0 Å². The zero-order chi connectivity index (χ0) is 12.3. The van der Waals surface area contributed by atoms with Crippen LogP contribution in [0.4, 0.5) is 0 Å². The number of ether oxygens (including phenoxy) is 2. The lowest BCUT2D eigenvalue weighted by Gasteiger charge is -2.17. The Hall–Kier alpha value is -0.930. The monoisotopic (exact) mass is 255 g/mol. The maximum atomic E-state index is 6.27. The molecule has 1 aromatic carbocycles. The van der Waals surface area contributed by atoms with Crippen LogP contribution >= 0.6 is 11.6 Å². The minimum Gasteiger partial charge on any atom is -0.490 e. The van der Waals surface area contributed by atoms with Gasteiger partial charge in [0.2, 0.25) is 0 Å². The lowest BCUT2D eigenvalue weighted by atomic mass is 10.1. The van der Waals surface area contributed by atoms with Crippen molar-refractivity contribution in [1.29, 1.82) is 0 Å². The summed E-state index contributed by atoms with van der Waals surface area (Å²) in [5, 5.41) is 4.07. The van der Waals surface area contributed by atoms with Crippen LogP contribution in [0.15, 0.2) is 12.1 Å². The average molecular weight is 256 g/mol. The van der Waals surface area contributed by atoms with E-state index in [0.29, 0.717) is 13.2 Å². The standard InChI is InChI=1S/C13H18ClNO2/c1-3-15-9(2)10-7-12-13(8-11(10)14)17-6-4-5-16-12/h7-9,15H,3-6H2,1-2H3. The fourth-order valence-electron chi connectivity index (χ4n) is 1.95. The topological polar surface area (TPSA) is 30.5 Å². The van der Waals surface area contributed by atoms with Crippen molar-refractivity contribution in [2.24, 2.45) is 0 Å². The second-order valence-electron chi connectivity index (χ2n) is 4.15. The van der Waals surface area contributed by atoms with Gasteiger partial charge in [-0.25, -0.2) is 0 Å². The molecule has 0 saturated carbocycles. The molecule has 0 saturated heterocycles. The van der Waals surface area contributed by atoms with Crippen molar-refractivity contribution in [3.63, 3.8) is 0 Å². The Balaban J connectivity index is 2.31. The molecular weight excluding hydrogens is 238 g/mol. The quantitative estimate of drug-likeness (QED) is 0.900. The van der Waals surface area contributed by atoms with Gasteiger partial charge in [-0.1, -0.05) is 18.5 Å². The number of benzene rings is 1. The van der Waals surface area contributed by atoms with E-state index in [1.54, 1.807) is 0 Å². The zero-order valence-electron chi connectivity index (χ0n) is 10.3. The van der Waals surface area contributed by atoms with E-state index < -0.39 is 0 Å². The molecule has 1 unspecified atom stereocenters. The lowest BCUT2D eigenvalue weighted by Crippen LogP contribution is -2.18. The summed E-state index contributed by atoms with van der Waals surface area (Å²) in [6.07, 6.45) is 0.907. The van der Waals surface area contributed by atoms with E-state index in [2.05, 4.69) is 19.2 Å². The number of hydrogen-bond acceptors (Lipinski definition) is 3. The molecule has 17 heavy (non-hydrogen) atoms. The van der Waals surface area contributed by atoms with Gasteiger partial charge in [-0.2, -0.15) is 0 Å². The predicted molar refractivity (Wildman–Crippen MR) is 69.2 cm³/mol. The average Bonchev–Trinajstić information content (AvgIpc) is 2.52. The molecule has 1 aliphatic rings. The van der Waals surface area contributed by atoms with Gasteiger partial charge in [0.15, 0.2) is 11.5 Å². The van der Waals surface area contributed by atoms with E-state index >= 15 is 0 Å². The van der Waals surface area contributed by atoms with Crippen molar-refractivity contribution in [3.05, 3.63) is 22.7 Å². The van der Waals surface area contributed by atoms with Gasteiger partial charge in [-0.05, 0) is 25.1 Å². The van der Waals surface area contributed by atoms with Gasteiger partial charge >= 0.3 is 0 Å². The van der Waals surface area contributed by atoms with Crippen LogP contribution in [0, 0.1) is 0 Å². The fraction of sp³-hybridized carbons (Fsp3) is 0.538. The molecule has 2 rings (SSSR count). The molecule has 0 spiro atoms. The highest BCUT2D eigenvalue weighted by atomic mass is 35.5. The summed E-state index contributed by atoms with van der Waals surface area (Å²) < 4.78 is 11.3. The Morgan fingerprint density at radius 3 is 2.59 bits per heavy atom. The highest BCUT2D eigenvalue weighted by Crippen LogP contribution is 2.37. The molecule has 1 atom stereocenters. The first-order chi connectivity index (χ1) is 8.22. The van der Waals surface area contributed by atoms with Crippen molar-refractivity contribution in [2.45, 2.75) is 26.3 Å². The van der Waals surface area contributed by atoms with Gasteiger partial charge in [-0.3, -0.25) is 0 Å². The van der Waals surface area contributed by atoms with Crippen LogP contribution in [-0.4, -0.2) is 19.8 Å². The smallest absolute Gasteiger partial charge is 0.162 e. The second kappa shape index (κ2) is 5.61. The number of rotatable bonds is 3. The largest absolute Gasteiger partial charge is 0.490 e. The third-order valence-corrected chi connectivity index (χ3v) is 3.17. The molecule has 0 aromatic heterocycles. The van der Waals surface area contributed by atoms with Crippen molar-refractivity contribution >= 4 is 11.6 Å². The molecule has 3 nitrogen and oxygen atoms in total. The molecule has 0 amide bonds. The maximum absolute atomic E-state index is 6.27.